The van der Waals surface area contributed by atoms with Gasteiger partial charge in [0.25, 0.3) is 5.91 Å². The summed E-state index contributed by atoms with van der Waals surface area (Å²) in [6, 6.07) is 8.78. The first kappa shape index (κ1) is 16.6. The standard InChI is InChI=1S/C20H17N5O3/c1-11-8-17-21-15(6-7-25(17)23-11)12-2-3-14-13(9-12)10-24(20(14)28)16-4-5-18(26)22-19(16)27/h2-3,6-9,16H,4-5,10H2,1H3,(H,22,26,27)/t16-/m0/s1. The van der Waals surface area contributed by atoms with Gasteiger partial charge in [-0.2, -0.15) is 5.10 Å². The molecule has 1 saturated heterocycles. The highest BCUT2D eigenvalue weighted by Crippen LogP contribution is 2.30. The lowest BCUT2D eigenvalue weighted by Crippen LogP contribution is -2.52. The Morgan fingerprint density at radius 3 is 2.82 bits per heavy atom. The average molecular weight is 375 g/mol. The minimum atomic E-state index is -0.606. The second kappa shape index (κ2) is 5.98. The fourth-order valence-electron chi connectivity index (χ4n) is 3.89. The third kappa shape index (κ3) is 2.57. The topological polar surface area (TPSA) is 96.7 Å². The lowest BCUT2D eigenvalue weighted by molar-refractivity contribution is -0.136. The maximum absolute atomic E-state index is 12.8. The number of hydrogen-bond acceptors (Lipinski definition) is 5. The number of carbonyl (C=O) groups is 3. The van der Waals surface area contributed by atoms with Gasteiger partial charge in [-0.3, -0.25) is 19.7 Å². The molecule has 1 atom stereocenters. The molecule has 0 unspecified atom stereocenters. The molecule has 0 bridgehead atoms. The van der Waals surface area contributed by atoms with Crippen LogP contribution >= 0.6 is 0 Å². The Morgan fingerprint density at radius 1 is 1.14 bits per heavy atom. The Labute approximate surface area is 160 Å². The number of nitrogens with one attached hydrogen (secondary N) is 1. The van der Waals surface area contributed by atoms with Crippen LogP contribution in [-0.2, 0) is 16.1 Å². The van der Waals surface area contributed by atoms with Crippen molar-refractivity contribution in [1.29, 1.82) is 0 Å². The molecule has 2 aliphatic rings. The van der Waals surface area contributed by atoms with Crippen molar-refractivity contribution in [2.75, 3.05) is 0 Å². The highest BCUT2D eigenvalue weighted by Gasteiger charge is 2.39. The molecule has 4 heterocycles. The molecule has 0 saturated carbocycles. The number of carbonyl (C=O) groups excluding carboxylic acids is 3. The number of amides is 3. The zero-order valence-electron chi connectivity index (χ0n) is 15.2. The third-order valence-corrected chi connectivity index (χ3v) is 5.27. The van der Waals surface area contributed by atoms with Gasteiger partial charge in [0.05, 0.1) is 11.4 Å². The third-order valence-electron chi connectivity index (χ3n) is 5.27. The monoisotopic (exact) mass is 375 g/mol. The fourth-order valence-corrected chi connectivity index (χ4v) is 3.89. The molecule has 3 amide bonds. The average Bonchev–Trinajstić information content (AvgIpc) is 3.20. The summed E-state index contributed by atoms with van der Waals surface area (Å²) < 4.78 is 1.72. The zero-order valence-corrected chi connectivity index (χ0v) is 15.2. The van der Waals surface area contributed by atoms with Gasteiger partial charge in [-0.15, -0.1) is 0 Å². The smallest absolute Gasteiger partial charge is 0.255 e. The maximum atomic E-state index is 12.8. The van der Waals surface area contributed by atoms with E-state index in [9.17, 15) is 14.4 Å². The van der Waals surface area contributed by atoms with Gasteiger partial charge in [0.15, 0.2) is 5.65 Å². The van der Waals surface area contributed by atoms with Gasteiger partial charge in [0.1, 0.15) is 6.04 Å². The first-order valence-corrected chi connectivity index (χ1v) is 9.10. The number of fused-ring (bicyclic) bond motifs is 2. The van der Waals surface area contributed by atoms with E-state index in [-0.39, 0.29) is 18.2 Å². The highest BCUT2D eigenvalue weighted by atomic mass is 16.2. The largest absolute Gasteiger partial charge is 0.322 e. The van der Waals surface area contributed by atoms with E-state index >= 15 is 0 Å². The number of nitrogens with zero attached hydrogens (tertiary/aromatic N) is 4. The van der Waals surface area contributed by atoms with Gasteiger partial charge in [-0.1, -0.05) is 6.07 Å². The van der Waals surface area contributed by atoms with E-state index < -0.39 is 11.9 Å². The summed E-state index contributed by atoms with van der Waals surface area (Å²) in [6.45, 7) is 2.27. The summed E-state index contributed by atoms with van der Waals surface area (Å²) >= 11 is 0. The fraction of sp³-hybridized carbons (Fsp3) is 0.250. The number of piperidine rings is 1. The van der Waals surface area contributed by atoms with Crippen molar-refractivity contribution in [3.05, 3.63) is 53.3 Å². The number of hydrogen-bond donors (Lipinski definition) is 1. The van der Waals surface area contributed by atoms with Gasteiger partial charge in [-0.05, 0) is 37.1 Å². The van der Waals surface area contributed by atoms with Gasteiger partial charge in [0, 0.05) is 36.4 Å². The summed E-state index contributed by atoms with van der Waals surface area (Å²) in [5.74, 6) is -0.865. The van der Waals surface area contributed by atoms with Crippen LogP contribution in [0, 0.1) is 6.92 Å². The first-order chi connectivity index (χ1) is 13.5. The van der Waals surface area contributed by atoms with Crippen molar-refractivity contribution in [1.82, 2.24) is 24.8 Å². The van der Waals surface area contributed by atoms with Crippen LogP contribution in [0.1, 0.15) is 34.5 Å². The lowest BCUT2D eigenvalue weighted by Gasteiger charge is -2.29. The molecule has 5 rings (SSSR count). The Hall–Kier alpha value is -3.55. The van der Waals surface area contributed by atoms with Gasteiger partial charge in [-0.25, -0.2) is 9.50 Å². The summed E-state index contributed by atoms with van der Waals surface area (Å²) in [7, 11) is 0. The number of rotatable bonds is 2. The number of imide groups is 1. The Balaban J connectivity index is 1.46. The maximum Gasteiger partial charge on any atom is 0.255 e. The molecule has 0 aliphatic carbocycles. The number of aromatic nitrogens is 3. The molecular formula is C20H17N5O3. The van der Waals surface area contributed by atoms with Crippen molar-refractivity contribution in [3.63, 3.8) is 0 Å². The second-order valence-corrected chi connectivity index (χ2v) is 7.17. The van der Waals surface area contributed by atoms with Crippen LogP contribution in [0.15, 0.2) is 36.5 Å². The van der Waals surface area contributed by atoms with Crippen molar-refractivity contribution < 1.29 is 14.4 Å². The van der Waals surface area contributed by atoms with Crippen molar-refractivity contribution in [2.24, 2.45) is 0 Å². The van der Waals surface area contributed by atoms with Crippen LogP contribution in [0.5, 0.6) is 0 Å². The normalized spacial score (nSPS) is 19.2. The van der Waals surface area contributed by atoms with Crippen LogP contribution in [0.2, 0.25) is 0 Å². The van der Waals surface area contributed by atoms with Crippen LogP contribution in [-0.4, -0.2) is 43.3 Å². The molecule has 0 radical (unpaired) electrons. The SMILES string of the molecule is Cc1cc2nc(-c3ccc4c(c3)CN([C@H]3CCC(=O)NC3=O)C4=O)ccn2n1. The van der Waals surface area contributed by atoms with E-state index in [1.54, 1.807) is 15.5 Å². The zero-order chi connectivity index (χ0) is 19.4. The van der Waals surface area contributed by atoms with Gasteiger partial charge >= 0.3 is 0 Å². The van der Waals surface area contributed by atoms with Crippen molar-refractivity contribution in [3.8, 4) is 11.3 Å². The molecule has 28 heavy (non-hydrogen) atoms. The van der Waals surface area contributed by atoms with Crippen LogP contribution in [0.25, 0.3) is 16.9 Å². The molecule has 2 aliphatic heterocycles. The summed E-state index contributed by atoms with van der Waals surface area (Å²) in [6.07, 6.45) is 2.46. The van der Waals surface area contributed by atoms with E-state index in [1.165, 1.54) is 0 Å². The summed E-state index contributed by atoms with van der Waals surface area (Å²) in [5.41, 5.74) is 4.80. The van der Waals surface area contributed by atoms with Crippen molar-refractivity contribution in [2.45, 2.75) is 32.4 Å². The quantitative estimate of drug-likeness (QED) is 0.684. The number of aryl methyl sites for hydroxylation is 1. The predicted molar refractivity (Wildman–Crippen MR) is 99.2 cm³/mol. The lowest BCUT2D eigenvalue weighted by atomic mass is 10.0. The molecule has 3 aromatic rings. The molecule has 8 nitrogen and oxygen atoms in total. The van der Waals surface area contributed by atoms with Crippen LogP contribution in [0.4, 0.5) is 0 Å². The Kier molecular flexibility index (Phi) is 3.55. The Bertz CT molecular complexity index is 1170. The van der Waals surface area contributed by atoms with E-state index in [0.717, 1.165) is 28.2 Å². The minimum Gasteiger partial charge on any atom is -0.322 e. The van der Waals surface area contributed by atoms with E-state index in [2.05, 4.69) is 15.4 Å². The minimum absolute atomic E-state index is 0.175. The van der Waals surface area contributed by atoms with Gasteiger partial charge < -0.3 is 4.90 Å². The van der Waals surface area contributed by atoms with E-state index in [0.29, 0.717) is 18.5 Å². The molecule has 140 valence electrons. The molecule has 0 spiro atoms. The van der Waals surface area contributed by atoms with Crippen LogP contribution < -0.4 is 5.32 Å². The highest BCUT2D eigenvalue weighted by molar-refractivity contribution is 6.05. The molecule has 1 fully saturated rings. The van der Waals surface area contributed by atoms with E-state index in [4.69, 9.17) is 0 Å². The van der Waals surface area contributed by atoms with Gasteiger partial charge in [0.2, 0.25) is 11.8 Å². The Morgan fingerprint density at radius 2 is 2.00 bits per heavy atom. The van der Waals surface area contributed by atoms with E-state index in [1.807, 2.05) is 37.4 Å². The number of benzene rings is 1. The molecule has 1 aromatic carbocycles. The molecular weight excluding hydrogens is 358 g/mol. The second-order valence-electron chi connectivity index (χ2n) is 7.17. The summed E-state index contributed by atoms with van der Waals surface area (Å²) in [4.78, 5) is 42.5. The molecule has 1 N–H and O–H groups in total. The van der Waals surface area contributed by atoms with Crippen molar-refractivity contribution >= 4 is 23.4 Å². The predicted octanol–water partition coefficient (Wildman–Crippen LogP) is 1.47. The molecule has 2 aromatic heterocycles. The van der Waals surface area contributed by atoms with Crippen LogP contribution in [0.3, 0.4) is 0 Å². The molecule has 8 heteroatoms. The first-order valence-electron chi connectivity index (χ1n) is 9.10. The summed E-state index contributed by atoms with van der Waals surface area (Å²) in [5, 5.41) is 6.65.